The van der Waals surface area contributed by atoms with Crippen LogP contribution in [0.2, 0.25) is 0 Å². The van der Waals surface area contributed by atoms with Crippen molar-refractivity contribution in [2.24, 2.45) is 4.99 Å². The van der Waals surface area contributed by atoms with E-state index in [0.29, 0.717) is 0 Å². The molecule has 0 saturated carbocycles. The minimum absolute atomic E-state index is 1.08. The maximum atomic E-state index is 4.81. The van der Waals surface area contributed by atoms with E-state index in [1.807, 2.05) is 0 Å². The normalized spacial score (nSPS) is 16.9. The van der Waals surface area contributed by atoms with E-state index in [0.717, 1.165) is 10.1 Å². The van der Waals surface area contributed by atoms with Crippen molar-refractivity contribution in [3.63, 3.8) is 0 Å². The van der Waals surface area contributed by atoms with Crippen LogP contribution in [0.3, 0.4) is 0 Å². The molecule has 1 heterocycles. The Labute approximate surface area is 145 Å². The number of hydrogen-bond donors (Lipinski definition) is 0. The molecule has 0 N–H and O–H groups in total. The van der Waals surface area contributed by atoms with Crippen molar-refractivity contribution < 1.29 is 4.58 Å². The molecule has 0 aromatic heterocycles. The summed E-state index contributed by atoms with van der Waals surface area (Å²) >= 11 is 0. The summed E-state index contributed by atoms with van der Waals surface area (Å²) in [6.07, 6.45) is 8.54. The first kappa shape index (κ1) is 16.1. The van der Waals surface area contributed by atoms with E-state index in [9.17, 15) is 0 Å². The van der Waals surface area contributed by atoms with Gasteiger partial charge in [-0.2, -0.15) is 0 Å². The highest BCUT2D eigenvalue weighted by molar-refractivity contribution is 8.84. The van der Waals surface area contributed by atoms with E-state index < -0.39 is 0 Å². The van der Waals surface area contributed by atoms with Crippen LogP contribution in [0.1, 0.15) is 5.56 Å². The Morgan fingerprint density at radius 3 is 2.13 bits per heavy atom. The van der Waals surface area contributed by atoms with E-state index in [2.05, 4.69) is 86.2 Å². The molecule has 1 aliphatic heterocycles. The highest BCUT2D eigenvalue weighted by atomic mass is 33.1. The van der Waals surface area contributed by atoms with Crippen LogP contribution in [-0.2, 0) is 0 Å². The van der Waals surface area contributed by atoms with E-state index in [1.165, 1.54) is 22.5 Å². The zero-order chi connectivity index (χ0) is 16.4. The summed E-state index contributed by atoms with van der Waals surface area (Å²) in [6, 6.07) is 8.54. The van der Waals surface area contributed by atoms with Crippen molar-refractivity contribution in [1.29, 1.82) is 0 Å². The monoisotopic (exact) mass is 342 g/mol. The quantitative estimate of drug-likeness (QED) is 0.599. The standard InChI is InChI=1S/C18H20N3S2/c1-20(2)15-9-5-13(6-10-15)17-19-18(23-22-17)14-7-11-16(12-8-14)21(3)4/h5-12H,1-4H3/q+1. The van der Waals surface area contributed by atoms with Crippen molar-refractivity contribution in [3.05, 3.63) is 64.7 Å². The minimum Gasteiger partial charge on any atom is -0.378 e. The molecule has 5 heteroatoms. The van der Waals surface area contributed by atoms with Gasteiger partial charge in [-0.15, -0.1) is 0 Å². The lowest BCUT2D eigenvalue weighted by atomic mass is 10.1. The van der Waals surface area contributed by atoms with Gasteiger partial charge in [0, 0.05) is 43.1 Å². The zero-order valence-electron chi connectivity index (χ0n) is 13.8. The van der Waals surface area contributed by atoms with Gasteiger partial charge < -0.3 is 4.90 Å². The summed E-state index contributed by atoms with van der Waals surface area (Å²) in [5.74, 6) is 0. The molecule has 0 bridgehead atoms. The van der Waals surface area contributed by atoms with Crippen LogP contribution in [-0.4, -0.2) is 43.5 Å². The maximum absolute atomic E-state index is 4.81. The second-order valence-electron chi connectivity index (χ2n) is 5.77. The fourth-order valence-electron chi connectivity index (χ4n) is 2.24. The maximum Gasteiger partial charge on any atom is 0.199 e. The molecule has 0 atom stereocenters. The third-order valence-corrected chi connectivity index (χ3v) is 5.91. The highest BCUT2D eigenvalue weighted by Gasteiger charge is 2.18. The number of aliphatic imine (C=N–C) groups is 1. The molecule has 2 aliphatic rings. The first-order chi connectivity index (χ1) is 11.0. The van der Waals surface area contributed by atoms with Crippen LogP contribution in [0.5, 0.6) is 0 Å². The molecule has 3 nitrogen and oxygen atoms in total. The van der Waals surface area contributed by atoms with Gasteiger partial charge in [0.2, 0.25) is 0 Å². The Kier molecular flexibility index (Phi) is 4.78. The topological polar surface area (TPSA) is 18.6 Å². The summed E-state index contributed by atoms with van der Waals surface area (Å²) in [4.78, 5) is 6.91. The molecule has 0 unspecified atom stereocenters. The van der Waals surface area contributed by atoms with Crippen LogP contribution in [0.15, 0.2) is 64.2 Å². The average molecular weight is 343 g/mol. The average Bonchev–Trinajstić information content (AvgIpc) is 3.05. The van der Waals surface area contributed by atoms with Gasteiger partial charge >= 0.3 is 0 Å². The second-order valence-corrected chi connectivity index (χ2v) is 7.88. The number of rotatable bonds is 2. The van der Waals surface area contributed by atoms with Gasteiger partial charge in [-0.05, 0) is 45.9 Å². The lowest BCUT2D eigenvalue weighted by Crippen LogP contribution is -2.09. The molecule has 1 aromatic carbocycles. The summed E-state index contributed by atoms with van der Waals surface area (Å²) in [7, 11) is 11.7. The lowest BCUT2D eigenvalue weighted by molar-refractivity contribution is -0.462. The van der Waals surface area contributed by atoms with Crippen molar-refractivity contribution in [3.8, 4) is 0 Å². The Hall–Kier alpha value is -1.72. The number of anilines is 1. The van der Waals surface area contributed by atoms with Crippen LogP contribution in [0, 0.1) is 0 Å². The third kappa shape index (κ3) is 3.62. The Bertz CT molecular complexity index is 744. The van der Waals surface area contributed by atoms with Crippen molar-refractivity contribution in [2.45, 2.75) is 0 Å². The Morgan fingerprint density at radius 2 is 1.57 bits per heavy atom. The third-order valence-electron chi connectivity index (χ3n) is 3.66. The van der Waals surface area contributed by atoms with Crippen LogP contribution >= 0.6 is 21.6 Å². The number of hydrogen-bond acceptors (Lipinski definition) is 4. The smallest absolute Gasteiger partial charge is 0.199 e. The predicted octanol–water partition coefficient (Wildman–Crippen LogP) is 3.94. The molecule has 0 spiro atoms. The van der Waals surface area contributed by atoms with E-state index >= 15 is 0 Å². The Balaban J connectivity index is 1.84. The number of nitrogens with zero attached hydrogens (tertiary/aromatic N) is 3. The van der Waals surface area contributed by atoms with Gasteiger partial charge in [0.1, 0.15) is 24.2 Å². The predicted molar refractivity (Wildman–Crippen MR) is 105 cm³/mol. The molecule has 0 saturated heterocycles. The van der Waals surface area contributed by atoms with Gasteiger partial charge in [-0.1, -0.05) is 12.1 Å². The van der Waals surface area contributed by atoms with Crippen molar-refractivity contribution in [2.75, 3.05) is 33.1 Å². The molecule has 0 radical (unpaired) electrons. The van der Waals surface area contributed by atoms with E-state index in [1.54, 1.807) is 21.6 Å². The van der Waals surface area contributed by atoms with Gasteiger partial charge in [-0.25, -0.2) is 9.57 Å². The molecular formula is C18H20N3S2+. The number of benzene rings is 1. The van der Waals surface area contributed by atoms with Crippen LogP contribution in [0.25, 0.3) is 0 Å². The van der Waals surface area contributed by atoms with Gasteiger partial charge in [0.05, 0.1) is 0 Å². The fourth-order valence-corrected chi connectivity index (χ4v) is 4.45. The summed E-state index contributed by atoms with van der Waals surface area (Å²) in [6.45, 7) is 0. The van der Waals surface area contributed by atoms with Gasteiger partial charge in [0.15, 0.2) is 5.71 Å². The van der Waals surface area contributed by atoms with Crippen molar-refractivity contribution >= 4 is 38.0 Å². The van der Waals surface area contributed by atoms with Crippen LogP contribution in [0.4, 0.5) is 5.69 Å². The first-order valence-electron chi connectivity index (χ1n) is 7.40. The van der Waals surface area contributed by atoms with E-state index in [4.69, 9.17) is 4.99 Å². The molecule has 1 aromatic rings. The molecule has 1 aliphatic carbocycles. The van der Waals surface area contributed by atoms with E-state index in [-0.39, 0.29) is 0 Å². The molecule has 0 fully saturated rings. The fraction of sp³-hybridized carbons (Fsp3) is 0.222. The highest BCUT2D eigenvalue weighted by Crippen LogP contribution is 2.43. The molecular weight excluding hydrogens is 322 g/mol. The first-order valence-corrected chi connectivity index (χ1v) is 9.55. The second kappa shape index (κ2) is 6.81. The van der Waals surface area contributed by atoms with Crippen molar-refractivity contribution in [1.82, 2.24) is 0 Å². The SMILES string of the molecule is CN(C)c1ccc(C2=NC(=C3C=CC(=[N+](C)C)C=C3)SS2)cc1. The molecule has 23 heavy (non-hydrogen) atoms. The summed E-state index contributed by atoms with van der Waals surface area (Å²) < 4.78 is 2.10. The number of allylic oxidation sites excluding steroid dienone is 5. The lowest BCUT2D eigenvalue weighted by Gasteiger charge is -2.12. The largest absolute Gasteiger partial charge is 0.378 e. The van der Waals surface area contributed by atoms with Gasteiger partial charge in [0.25, 0.3) is 0 Å². The minimum atomic E-state index is 1.08. The van der Waals surface area contributed by atoms with Gasteiger partial charge in [-0.3, -0.25) is 0 Å². The van der Waals surface area contributed by atoms with Crippen LogP contribution < -0.4 is 4.90 Å². The molecule has 3 rings (SSSR count). The Morgan fingerprint density at radius 1 is 0.913 bits per heavy atom. The molecule has 0 amide bonds. The summed E-state index contributed by atoms with van der Waals surface area (Å²) in [5.41, 5.74) is 4.75. The zero-order valence-corrected chi connectivity index (χ0v) is 15.4. The molecule has 118 valence electrons. The summed E-state index contributed by atoms with van der Waals surface area (Å²) in [5, 5.41) is 2.15.